The van der Waals surface area contributed by atoms with E-state index < -0.39 is 0 Å². The van der Waals surface area contributed by atoms with Gasteiger partial charge in [0.25, 0.3) is 0 Å². The maximum absolute atomic E-state index is 6.16. The maximum Gasteiger partial charge on any atom is 0.227 e. The summed E-state index contributed by atoms with van der Waals surface area (Å²) in [6, 6.07) is 8.20. The molecule has 0 aliphatic carbocycles. The van der Waals surface area contributed by atoms with E-state index in [9.17, 15) is 0 Å². The minimum Gasteiger partial charge on any atom is -0.435 e. The fourth-order valence-corrected chi connectivity index (χ4v) is 3.62. The molecule has 3 aromatic heterocycles. The van der Waals surface area contributed by atoms with Crippen molar-refractivity contribution < 1.29 is 4.42 Å². The van der Waals surface area contributed by atoms with Crippen molar-refractivity contribution in [2.24, 2.45) is 0 Å². The molecule has 0 spiro atoms. The zero-order valence-corrected chi connectivity index (χ0v) is 14.3. The standard InChI is InChI=1S/C19H17N5O/c1-11-6-7-13-14-5-4-8-22-19(14)25-16(13)15(11)24-12(2)23(3)17-18(24)21-10-9-20-17/h4-10,12H,1-3H3/t12-/m0/s1. The first kappa shape index (κ1) is 14.2. The summed E-state index contributed by atoms with van der Waals surface area (Å²) in [6.07, 6.45) is 5.30. The zero-order chi connectivity index (χ0) is 17.1. The maximum atomic E-state index is 6.16. The second kappa shape index (κ2) is 4.92. The van der Waals surface area contributed by atoms with Gasteiger partial charge in [0.2, 0.25) is 5.71 Å². The largest absolute Gasteiger partial charge is 0.435 e. The fraction of sp³-hybridized carbons (Fsp3) is 0.211. The number of rotatable bonds is 1. The topological polar surface area (TPSA) is 58.3 Å². The third-order valence-electron chi connectivity index (χ3n) is 4.99. The van der Waals surface area contributed by atoms with Crippen LogP contribution in [0.4, 0.5) is 17.3 Å². The molecule has 0 N–H and O–H groups in total. The first-order valence-corrected chi connectivity index (χ1v) is 8.26. The molecular formula is C19H17N5O. The van der Waals surface area contributed by atoms with Crippen molar-refractivity contribution >= 4 is 39.4 Å². The summed E-state index contributed by atoms with van der Waals surface area (Å²) >= 11 is 0. The van der Waals surface area contributed by atoms with Gasteiger partial charge in [0.15, 0.2) is 17.2 Å². The zero-order valence-electron chi connectivity index (χ0n) is 14.3. The number of fused-ring (bicyclic) bond motifs is 4. The van der Waals surface area contributed by atoms with Crippen molar-refractivity contribution in [1.29, 1.82) is 0 Å². The van der Waals surface area contributed by atoms with Gasteiger partial charge in [-0.1, -0.05) is 12.1 Å². The second-order valence-corrected chi connectivity index (χ2v) is 6.38. The van der Waals surface area contributed by atoms with Crippen LogP contribution in [-0.4, -0.2) is 28.2 Å². The lowest BCUT2D eigenvalue weighted by molar-refractivity contribution is 0.647. The molecule has 0 amide bonds. The summed E-state index contributed by atoms with van der Waals surface area (Å²) in [5.74, 6) is 1.72. The lowest BCUT2D eigenvalue weighted by Gasteiger charge is -2.27. The second-order valence-electron chi connectivity index (χ2n) is 6.38. The van der Waals surface area contributed by atoms with Gasteiger partial charge in [-0.25, -0.2) is 15.0 Å². The first-order valence-electron chi connectivity index (χ1n) is 8.26. The van der Waals surface area contributed by atoms with Gasteiger partial charge in [0.1, 0.15) is 6.17 Å². The number of aryl methyl sites for hydroxylation is 1. The molecule has 1 atom stereocenters. The molecule has 6 heteroatoms. The average molecular weight is 331 g/mol. The number of furan rings is 1. The van der Waals surface area contributed by atoms with Crippen molar-refractivity contribution in [2.75, 3.05) is 16.8 Å². The van der Waals surface area contributed by atoms with Gasteiger partial charge < -0.3 is 9.32 Å². The quantitative estimate of drug-likeness (QED) is 0.525. The number of pyridine rings is 1. The minimum atomic E-state index is 0.0860. The van der Waals surface area contributed by atoms with E-state index >= 15 is 0 Å². The van der Waals surface area contributed by atoms with Crippen LogP contribution in [-0.2, 0) is 0 Å². The summed E-state index contributed by atoms with van der Waals surface area (Å²) in [5, 5.41) is 2.09. The molecule has 0 bridgehead atoms. The van der Waals surface area contributed by atoms with Crippen LogP contribution in [0.5, 0.6) is 0 Å². The smallest absolute Gasteiger partial charge is 0.227 e. The Morgan fingerprint density at radius 1 is 0.960 bits per heavy atom. The predicted molar refractivity (Wildman–Crippen MR) is 98.3 cm³/mol. The minimum absolute atomic E-state index is 0.0860. The van der Waals surface area contributed by atoms with E-state index in [1.54, 1.807) is 18.6 Å². The van der Waals surface area contributed by atoms with Crippen LogP contribution in [0, 0.1) is 6.92 Å². The number of benzene rings is 1. The monoisotopic (exact) mass is 331 g/mol. The Hall–Kier alpha value is -3.15. The van der Waals surface area contributed by atoms with Gasteiger partial charge >= 0.3 is 0 Å². The SMILES string of the molecule is Cc1ccc2c(oc3ncccc32)c1N1c2nccnc2N(C)[C@@H]1C. The molecule has 124 valence electrons. The summed E-state index contributed by atoms with van der Waals surface area (Å²) in [7, 11) is 2.04. The molecule has 4 heterocycles. The highest BCUT2D eigenvalue weighted by atomic mass is 16.3. The van der Waals surface area contributed by atoms with Crippen LogP contribution in [0.2, 0.25) is 0 Å². The number of hydrogen-bond donors (Lipinski definition) is 0. The third-order valence-corrected chi connectivity index (χ3v) is 4.99. The van der Waals surface area contributed by atoms with Gasteiger partial charge in [0, 0.05) is 36.4 Å². The molecule has 1 aliphatic rings. The highest BCUT2D eigenvalue weighted by Crippen LogP contribution is 2.45. The first-order chi connectivity index (χ1) is 12.2. The van der Waals surface area contributed by atoms with Crippen LogP contribution in [0.3, 0.4) is 0 Å². The Kier molecular flexibility index (Phi) is 2.80. The predicted octanol–water partition coefficient (Wildman–Crippen LogP) is 4.01. The Bertz CT molecular complexity index is 1120. The molecular weight excluding hydrogens is 314 g/mol. The Morgan fingerprint density at radius 3 is 2.60 bits per heavy atom. The Labute approximate surface area is 144 Å². The van der Waals surface area contributed by atoms with Crippen LogP contribution in [0.15, 0.2) is 47.3 Å². The van der Waals surface area contributed by atoms with E-state index in [0.717, 1.165) is 39.2 Å². The lowest BCUT2D eigenvalue weighted by atomic mass is 10.1. The van der Waals surface area contributed by atoms with Crippen molar-refractivity contribution in [3.05, 3.63) is 48.4 Å². The van der Waals surface area contributed by atoms with Gasteiger partial charge in [-0.2, -0.15) is 0 Å². The molecule has 0 saturated carbocycles. The highest BCUT2D eigenvalue weighted by Gasteiger charge is 2.36. The molecule has 6 nitrogen and oxygen atoms in total. The highest BCUT2D eigenvalue weighted by molar-refractivity contribution is 6.09. The Morgan fingerprint density at radius 2 is 1.76 bits per heavy atom. The summed E-state index contributed by atoms with van der Waals surface area (Å²) in [5.41, 5.74) is 3.65. The summed E-state index contributed by atoms with van der Waals surface area (Å²) in [4.78, 5) is 17.8. The van der Waals surface area contributed by atoms with Crippen LogP contribution < -0.4 is 9.80 Å². The third kappa shape index (κ3) is 1.82. The van der Waals surface area contributed by atoms with E-state index in [1.807, 2.05) is 19.2 Å². The van der Waals surface area contributed by atoms with Crippen LogP contribution >= 0.6 is 0 Å². The van der Waals surface area contributed by atoms with E-state index in [4.69, 9.17) is 4.42 Å². The Balaban J connectivity index is 1.85. The van der Waals surface area contributed by atoms with E-state index in [1.165, 1.54) is 0 Å². The fourth-order valence-electron chi connectivity index (χ4n) is 3.62. The van der Waals surface area contributed by atoms with Crippen LogP contribution in [0.1, 0.15) is 12.5 Å². The number of anilines is 3. The molecule has 4 aromatic rings. The van der Waals surface area contributed by atoms with Gasteiger partial charge in [0.05, 0.1) is 5.69 Å². The average Bonchev–Trinajstić information content (AvgIpc) is 3.12. The van der Waals surface area contributed by atoms with Crippen molar-refractivity contribution in [2.45, 2.75) is 20.0 Å². The van der Waals surface area contributed by atoms with Crippen molar-refractivity contribution in [1.82, 2.24) is 15.0 Å². The summed E-state index contributed by atoms with van der Waals surface area (Å²) in [6.45, 7) is 4.24. The van der Waals surface area contributed by atoms with E-state index in [2.05, 4.69) is 50.7 Å². The molecule has 0 radical (unpaired) electrons. The van der Waals surface area contributed by atoms with Crippen molar-refractivity contribution in [3.8, 4) is 0 Å². The number of hydrogen-bond acceptors (Lipinski definition) is 6. The molecule has 0 fully saturated rings. The normalized spacial score (nSPS) is 16.8. The lowest BCUT2D eigenvalue weighted by Crippen LogP contribution is -2.36. The van der Waals surface area contributed by atoms with Crippen molar-refractivity contribution in [3.63, 3.8) is 0 Å². The van der Waals surface area contributed by atoms with E-state index in [0.29, 0.717) is 5.71 Å². The van der Waals surface area contributed by atoms with Gasteiger partial charge in [-0.15, -0.1) is 0 Å². The number of aromatic nitrogens is 3. The van der Waals surface area contributed by atoms with E-state index in [-0.39, 0.29) is 6.17 Å². The molecule has 0 unspecified atom stereocenters. The molecule has 5 rings (SSSR count). The van der Waals surface area contributed by atoms with Gasteiger partial charge in [-0.05, 0) is 31.5 Å². The molecule has 1 aliphatic heterocycles. The van der Waals surface area contributed by atoms with Crippen LogP contribution in [0.25, 0.3) is 22.1 Å². The number of nitrogens with zero attached hydrogens (tertiary/aromatic N) is 5. The molecule has 0 saturated heterocycles. The van der Waals surface area contributed by atoms with Gasteiger partial charge in [-0.3, -0.25) is 4.90 Å². The molecule has 25 heavy (non-hydrogen) atoms. The summed E-state index contributed by atoms with van der Waals surface area (Å²) < 4.78 is 6.16. The molecule has 1 aromatic carbocycles.